The molecule has 3 rings (SSSR count). The molecule has 6 heteroatoms. The minimum absolute atomic E-state index is 0.257. The number of nitrogens with one attached hydrogen (secondary N) is 2. The van der Waals surface area contributed by atoms with Crippen LogP contribution in [-0.4, -0.2) is 20.0 Å². The molecule has 0 spiro atoms. The fourth-order valence-corrected chi connectivity index (χ4v) is 5.46. The lowest BCUT2D eigenvalue weighted by molar-refractivity contribution is 0.427. The Hall–Kier alpha value is -0.430. The number of rotatable bonds is 6. The first kappa shape index (κ1) is 14.5. The van der Waals surface area contributed by atoms with Crippen LogP contribution < -0.4 is 10.0 Å². The molecule has 0 aliphatic heterocycles. The number of thiophene rings is 1. The van der Waals surface area contributed by atoms with Gasteiger partial charge in [0, 0.05) is 28.4 Å². The number of hydrogen-bond donors (Lipinski definition) is 2. The van der Waals surface area contributed by atoms with E-state index in [4.69, 9.17) is 0 Å². The molecule has 1 aromatic rings. The molecule has 1 aromatic heterocycles. The first-order chi connectivity index (χ1) is 9.47. The van der Waals surface area contributed by atoms with E-state index in [0.29, 0.717) is 10.9 Å². The molecule has 2 aliphatic rings. The molecule has 0 radical (unpaired) electrons. The maximum atomic E-state index is 12.4. The van der Waals surface area contributed by atoms with Crippen LogP contribution in [-0.2, 0) is 16.6 Å². The van der Waals surface area contributed by atoms with Crippen LogP contribution in [0.1, 0.15) is 50.3 Å². The summed E-state index contributed by atoms with van der Waals surface area (Å²) in [5.74, 6) is 0. The molecule has 0 atom stereocenters. The van der Waals surface area contributed by atoms with E-state index in [1.807, 2.05) is 6.92 Å². The van der Waals surface area contributed by atoms with Gasteiger partial charge in [-0.15, -0.1) is 11.3 Å². The van der Waals surface area contributed by atoms with Crippen LogP contribution in [0.5, 0.6) is 0 Å². The lowest BCUT2D eigenvalue weighted by Gasteiger charge is -2.24. The molecule has 4 nitrogen and oxygen atoms in total. The predicted octanol–water partition coefficient (Wildman–Crippen LogP) is 2.61. The largest absolute Gasteiger partial charge is 0.309 e. The lowest BCUT2D eigenvalue weighted by Crippen LogP contribution is -2.43. The Kier molecular flexibility index (Phi) is 3.92. The molecule has 2 saturated carbocycles. The second kappa shape index (κ2) is 5.40. The third-order valence-electron chi connectivity index (χ3n) is 4.17. The minimum Gasteiger partial charge on any atom is -0.309 e. The van der Waals surface area contributed by atoms with Crippen molar-refractivity contribution < 1.29 is 8.42 Å². The Morgan fingerprint density at radius 2 is 2.05 bits per heavy atom. The maximum absolute atomic E-state index is 12.4. The van der Waals surface area contributed by atoms with E-state index in [1.165, 1.54) is 24.2 Å². The zero-order chi connectivity index (χ0) is 14.2. The molecule has 2 fully saturated rings. The van der Waals surface area contributed by atoms with Gasteiger partial charge in [-0.2, -0.15) is 0 Å². The quantitative estimate of drug-likeness (QED) is 0.848. The van der Waals surface area contributed by atoms with E-state index in [1.54, 1.807) is 11.4 Å². The summed E-state index contributed by atoms with van der Waals surface area (Å²) in [6.07, 6.45) is 6.59. The van der Waals surface area contributed by atoms with Gasteiger partial charge in [-0.3, -0.25) is 0 Å². The molecule has 2 N–H and O–H groups in total. The van der Waals surface area contributed by atoms with Crippen LogP contribution in [0.4, 0.5) is 0 Å². The summed E-state index contributed by atoms with van der Waals surface area (Å²) in [7, 11) is -3.37. The summed E-state index contributed by atoms with van der Waals surface area (Å²) in [6, 6.07) is 2.45. The molecule has 0 amide bonds. The molecule has 0 bridgehead atoms. The second-order valence-electron chi connectivity index (χ2n) is 6.28. The van der Waals surface area contributed by atoms with Crippen molar-refractivity contribution in [1.82, 2.24) is 10.0 Å². The Labute approximate surface area is 125 Å². The molecule has 112 valence electrons. The summed E-state index contributed by atoms with van der Waals surface area (Å²) in [5.41, 5.74) is -0.257. The monoisotopic (exact) mass is 314 g/mol. The van der Waals surface area contributed by atoms with Crippen molar-refractivity contribution in [3.63, 3.8) is 0 Å². The van der Waals surface area contributed by atoms with E-state index in [-0.39, 0.29) is 5.54 Å². The van der Waals surface area contributed by atoms with Gasteiger partial charge in [0.1, 0.15) is 0 Å². The minimum atomic E-state index is -3.37. The molecule has 0 unspecified atom stereocenters. The first-order valence-electron chi connectivity index (χ1n) is 7.32. The summed E-state index contributed by atoms with van der Waals surface area (Å²) in [4.78, 5) is 1.51. The number of sulfonamides is 1. The average Bonchev–Trinajstić information content (AvgIpc) is 2.90. The van der Waals surface area contributed by atoms with E-state index >= 15 is 0 Å². The Morgan fingerprint density at radius 3 is 2.70 bits per heavy atom. The molecule has 20 heavy (non-hydrogen) atoms. The van der Waals surface area contributed by atoms with Crippen LogP contribution in [0.3, 0.4) is 0 Å². The molecule has 0 saturated heterocycles. The Bertz CT molecular complexity index is 570. The maximum Gasteiger partial charge on any atom is 0.241 e. The van der Waals surface area contributed by atoms with Crippen LogP contribution in [0.25, 0.3) is 0 Å². The third kappa shape index (κ3) is 3.42. The van der Waals surface area contributed by atoms with Crippen molar-refractivity contribution in [1.29, 1.82) is 0 Å². The number of hydrogen-bond acceptors (Lipinski definition) is 4. The fraction of sp³-hybridized carbons (Fsp3) is 0.714. The lowest BCUT2D eigenvalue weighted by atomic mass is 10.0. The van der Waals surface area contributed by atoms with E-state index < -0.39 is 10.0 Å². The van der Waals surface area contributed by atoms with Gasteiger partial charge < -0.3 is 5.32 Å². The summed E-state index contributed by atoms with van der Waals surface area (Å²) < 4.78 is 27.8. The Morgan fingerprint density at radius 1 is 1.35 bits per heavy atom. The topological polar surface area (TPSA) is 58.2 Å². The van der Waals surface area contributed by atoms with Crippen LogP contribution in [0, 0.1) is 0 Å². The zero-order valence-electron chi connectivity index (χ0n) is 11.8. The smallest absolute Gasteiger partial charge is 0.241 e. The molecular weight excluding hydrogens is 292 g/mol. The SMILES string of the molecule is CC1(NS(=O)(=O)c2csc(CNC3CC3)c2)CCCC1. The summed E-state index contributed by atoms with van der Waals surface area (Å²) in [6.45, 7) is 2.79. The Balaban J connectivity index is 1.66. The predicted molar refractivity (Wildman–Crippen MR) is 81.4 cm³/mol. The molecular formula is C14H22N2O2S2. The second-order valence-corrected chi connectivity index (χ2v) is 8.96. The van der Waals surface area contributed by atoms with Crippen LogP contribution >= 0.6 is 11.3 Å². The summed E-state index contributed by atoms with van der Waals surface area (Å²) in [5, 5.41) is 5.17. The van der Waals surface area contributed by atoms with Crippen LogP contribution in [0.15, 0.2) is 16.3 Å². The standard InChI is InChI=1S/C14H22N2O2S2/c1-14(6-2-3-7-14)16-20(17,18)13-8-12(19-10-13)9-15-11-4-5-11/h8,10-11,15-16H,2-7,9H2,1H3. The van der Waals surface area contributed by atoms with Gasteiger partial charge in [0.2, 0.25) is 10.0 Å². The van der Waals surface area contributed by atoms with Gasteiger partial charge in [0.25, 0.3) is 0 Å². The van der Waals surface area contributed by atoms with Crippen LogP contribution in [0.2, 0.25) is 0 Å². The van der Waals surface area contributed by atoms with Crippen molar-refractivity contribution in [2.75, 3.05) is 0 Å². The van der Waals surface area contributed by atoms with E-state index in [0.717, 1.165) is 37.1 Å². The van der Waals surface area contributed by atoms with Gasteiger partial charge in [0.05, 0.1) is 4.90 Å². The fourth-order valence-electron chi connectivity index (χ4n) is 2.77. The van der Waals surface area contributed by atoms with Crippen molar-refractivity contribution in [2.45, 2.75) is 68.5 Å². The van der Waals surface area contributed by atoms with Gasteiger partial charge in [0.15, 0.2) is 0 Å². The average molecular weight is 314 g/mol. The van der Waals surface area contributed by atoms with Crippen molar-refractivity contribution >= 4 is 21.4 Å². The van der Waals surface area contributed by atoms with Gasteiger partial charge in [-0.05, 0) is 38.7 Å². The molecule has 1 heterocycles. The van der Waals surface area contributed by atoms with Gasteiger partial charge in [-0.25, -0.2) is 13.1 Å². The van der Waals surface area contributed by atoms with Crippen molar-refractivity contribution in [2.24, 2.45) is 0 Å². The van der Waals surface area contributed by atoms with Gasteiger partial charge in [-0.1, -0.05) is 12.8 Å². The highest BCUT2D eigenvalue weighted by Gasteiger charge is 2.33. The molecule has 0 aromatic carbocycles. The van der Waals surface area contributed by atoms with Crippen molar-refractivity contribution in [3.8, 4) is 0 Å². The van der Waals surface area contributed by atoms with E-state index in [9.17, 15) is 8.42 Å². The highest BCUT2D eigenvalue weighted by Crippen LogP contribution is 2.31. The van der Waals surface area contributed by atoms with E-state index in [2.05, 4.69) is 10.0 Å². The zero-order valence-corrected chi connectivity index (χ0v) is 13.4. The van der Waals surface area contributed by atoms with Gasteiger partial charge >= 0.3 is 0 Å². The normalized spacial score (nSPS) is 22.2. The molecule has 2 aliphatic carbocycles. The highest BCUT2D eigenvalue weighted by molar-refractivity contribution is 7.89. The summed E-state index contributed by atoms with van der Waals surface area (Å²) >= 11 is 1.52. The highest BCUT2D eigenvalue weighted by atomic mass is 32.2. The first-order valence-corrected chi connectivity index (χ1v) is 9.68. The van der Waals surface area contributed by atoms with Crippen molar-refractivity contribution in [3.05, 3.63) is 16.3 Å². The third-order valence-corrected chi connectivity index (χ3v) is 6.87.